The summed E-state index contributed by atoms with van der Waals surface area (Å²) < 4.78 is 20.2. The maximum absolute atomic E-state index is 13.2. The molecule has 0 aliphatic rings. The molecule has 2 N–H and O–H groups in total. The number of aromatic nitrogens is 2. The molecule has 0 saturated carbocycles. The fraction of sp³-hybridized carbons (Fsp3) is 0.133. The van der Waals surface area contributed by atoms with Crippen LogP contribution in [0.15, 0.2) is 42.5 Å². The van der Waals surface area contributed by atoms with E-state index >= 15 is 0 Å². The molecule has 1 heterocycles. The number of methoxy groups -OCH3 is 1. The molecule has 102 valence electrons. The Balaban J connectivity index is 1.99. The number of anilines is 1. The Morgan fingerprint density at radius 1 is 1.20 bits per heavy atom. The van der Waals surface area contributed by atoms with Crippen molar-refractivity contribution in [2.24, 2.45) is 0 Å². The molecule has 5 heteroatoms. The molecular formula is C15H14FN3O. The molecule has 0 saturated heterocycles. The van der Waals surface area contributed by atoms with Crippen LogP contribution >= 0.6 is 0 Å². The number of nitrogens with two attached hydrogens (primary N) is 1. The van der Waals surface area contributed by atoms with Crippen LogP contribution in [0.2, 0.25) is 0 Å². The number of nitrogen functional groups attached to an aromatic ring is 1. The number of ether oxygens (including phenoxy) is 1. The molecule has 3 aromatic rings. The SMILES string of the molecule is COc1ccc(Cn2c(N)nc3cc(F)ccc32)cc1. The minimum absolute atomic E-state index is 0.313. The first-order valence-electron chi connectivity index (χ1n) is 6.21. The lowest BCUT2D eigenvalue weighted by atomic mass is 10.2. The van der Waals surface area contributed by atoms with Crippen LogP contribution in [0.3, 0.4) is 0 Å². The van der Waals surface area contributed by atoms with E-state index in [1.807, 2.05) is 28.8 Å². The van der Waals surface area contributed by atoms with E-state index in [4.69, 9.17) is 10.5 Å². The average molecular weight is 271 g/mol. The van der Waals surface area contributed by atoms with E-state index < -0.39 is 0 Å². The molecule has 0 fully saturated rings. The van der Waals surface area contributed by atoms with Gasteiger partial charge in [-0.15, -0.1) is 0 Å². The van der Waals surface area contributed by atoms with Crippen molar-refractivity contribution in [3.8, 4) is 5.75 Å². The van der Waals surface area contributed by atoms with Crippen LogP contribution < -0.4 is 10.5 Å². The lowest BCUT2D eigenvalue weighted by molar-refractivity contribution is 0.414. The number of rotatable bonds is 3. The van der Waals surface area contributed by atoms with Crippen LogP contribution in [0, 0.1) is 5.82 Å². The molecule has 4 nitrogen and oxygen atoms in total. The first kappa shape index (κ1) is 12.5. The molecule has 0 bridgehead atoms. The first-order valence-corrected chi connectivity index (χ1v) is 6.21. The Morgan fingerprint density at radius 3 is 2.65 bits per heavy atom. The Labute approximate surface area is 115 Å². The molecular weight excluding hydrogens is 257 g/mol. The highest BCUT2D eigenvalue weighted by Gasteiger charge is 2.09. The Kier molecular flexibility index (Phi) is 3.02. The smallest absolute Gasteiger partial charge is 0.201 e. The summed E-state index contributed by atoms with van der Waals surface area (Å²) in [5.41, 5.74) is 8.37. The van der Waals surface area contributed by atoms with Gasteiger partial charge in [0.15, 0.2) is 0 Å². The molecule has 2 aromatic carbocycles. The molecule has 1 aromatic heterocycles. The van der Waals surface area contributed by atoms with Gasteiger partial charge in [-0.3, -0.25) is 0 Å². The molecule has 0 unspecified atom stereocenters. The van der Waals surface area contributed by atoms with E-state index in [0.29, 0.717) is 18.0 Å². The molecule has 0 atom stereocenters. The van der Waals surface area contributed by atoms with E-state index in [0.717, 1.165) is 16.8 Å². The predicted molar refractivity (Wildman–Crippen MR) is 76.2 cm³/mol. The maximum atomic E-state index is 13.2. The second-order valence-corrected chi connectivity index (χ2v) is 4.54. The van der Waals surface area contributed by atoms with Crippen LogP contribution in [0.1, 0.15) is 5.56 Å². The van der Waals surface area contributed by atoms with E-state index in [2.05, 4.69) is 4.98 Å². The zero-order valence-electron chi connectivity index (χ0n) is 11.0. The average Bonchev–Trinajstić information content (AvgIpc) is 2.75. The third-order valence-electron chi connectivity index (χ3n) is 3.24. The van der Waals surface area contributed by atoms with Crippen molar-refractivity contribution in [2.45, 2.75) is 6.54 Å². The van der Waals surface area contributed by atoms with Crippen LogP contribution in [-0.2, 0) is 6.54 Å². The van der Waals surface area contributed by atoms with Gasteiger partial charge >= 0.3 is 0 Å². The molecule has 3 rings (SSSR count). The summed E-state index contributed by atoms with van der Waals surface area (Å²) in [4.78, 5) is 4.18. The minimum atomic E-state index is -0.313. The quantitative estimate of drug-likeness (QED) is 0.797. The van der Waals surface area contributed by atoms with Crippen LogP contribution in [-0.4, -0.2) is 16.7 Å². The van der Waals surface area contributed by atoms with Gasteiger partial charge in [-0.05, 0) is 29.8 Å². The van der Waals surface area contributed by atoms with Gasteiger partial charge in [-0.1, -0.05) is 12.1 Å². The van der Waals surface area contributed by atoms with Crippen molar-refractivity contribution in [2.75, 3.05) is 12.8 Å². The second kappa shape index (κ2) is 4.85. The lowest BCUT2D eigenvalue weighted by Gasteiger charge is -2.07. The van der Waals surface area contributed by atoms with E-state index in [-0.39, 0.29) is 5.82 Å². The van der Waals surface area contributed by atoms with Gasteiger partial charge in [-0.2, -0.15) is 0 Å². The van der Waals surface area contributed by atoms with Crippen LogP contribution in [0.5, 0.6) is 5.75 Å². The zero-order valence-corrected chi connectivity index (χ0v) is 11.0. The Hall–Kier alpha value is -2.56. The third-order valence-corrected chi connectivity index (χ3v) is 3.24. The topological polar surface area (TPSA) is 53.1 Å². The summed E-state index contributed by atoms with van der Waals surface area (Å²) in [7, 11) is 1.63. The van der Waals surface area contributed by atoms with Gasteiger partial charge < -0.3 is 15.0 Å². The van der Waals surface area contributed by atoms with Crippen molar-refractivity contribution in [3.05, 3.63) is 53.8 Å². The van der Waals surface area contributed by atoms with Gasteiger partial charge in [0.05, 0.1) is 24.7 Å². The minimum Gasteiger partial charge on any atom is -0.497 e. The highest BCUT2D eigenvalue weighted by atomic mass is 19.1. The standard InChI is InChI=1S/C15H14FN3O/c1-20-12-5-2-10(3-6-12)9-19-14-7-4-11(16)8-13(14)18-15(19)17/h2-8H,9H2,1H3,(H2,17,18). The van der Waals surface area contributed by atoms with E-state index in [1.54, 1.807) is 13.2 Å². The normalized spacial score (nSPS) is 10.9. The Bertz CT molecular complexity index is 750. The summed E-state index contributed by atoms with van der Waals surface area (Å²) in [6.07, 6.45) is 0. The lowest BCUT2D eigenvalue weighted by Crippen LogP contribution is -2.04. The molecule has 0 spiro atoms. The monoisotopic (exact) mass is 271 g/mol. The van der Waals surface area contributed by atoms with Gasteiger partial charge in [0.1, 0.15) is 11.6 Å². The van der Waals surface area contributed by atoms with E-state index in [1.165, 1.54) is 12.1 Å². The number of imidazole rings is 1. The van der Waals surface area contributed by atoms with E-state index in [9.17, 15) is 4.39 Å². The second-order valence-electron chi connectivity index (χ2n) is 4.54. The van der Waals surface area contributed by atoms with Crippen molar-refractivity contribution >= 4 is 17.0 Å². The summed E-state index contributed by atoms with van der Waals surface area (Å²) in [6.45, 7) is 0.581. The fourth-order valence-corrected chi connectivity index (χ4v) is 2.20. The summed E-state index contributed by atoms with van der Waals surface area (Å²) >= 11 is 0. The highest BCUT2D eigenvalue weighted by molar-refractivity contribution is 5.78. The number of nitrogens with zero attached hydrogens (tertiary/aromatic N) is 2. The van der Waals surface area contributed by atoms with Crippen molar-refractivity contribution in [1.29, 1.82) is 0 Å². The van der Waals surface area contributed by atoms with Crippen LogP contribution in [0.25, 0.3) is 11.0 Å². The molecule has 0 aliphatic carbocycles. The van der Waals surface area contributed by atoms with Gasteiger partial charge in [-0.25, -0.2) is 9.37 Å². The van der Waals surface area contributed by atoms with Crippen molar-refractivity contribution < 1.29 is 9.13 Å². The summed E-state index contributed by atoms with van der Waals surface area (Å²) in [5.74, 6) is 0.868. The van der Waals surface area contributed by atoms with Gasteiger partial charge in [0.2, 0.25) is 5.95 Å². The van der Waals surface area contributed by atoms with Crippen molar-refractivity contribution in [3.63, 3.8) is 0 Å². The largest absolute Gasteiger partial charge is 0.497 e. The highest BCUT2D eigenvalue weighted by Crippen LogP contribution is 2.21. The molecule has 0 amide bonds. The summed E-state index contributed by atoms with van der Waals surface area (Å²) in [6, 6.07) is 12.2. The predicted octanol–water partition coefficient (Wildman–Crippen LogP) is 2.81. The molecule has 20 heavy (non-hydrogen) atoms. The number of halogens is 1. The number of benzene rings is 2. The van der Waals surface area contributed by atoms with Crippen molar-refractivity contribution in [1.82, 2.24) is 9.55 Å². The Morgan fingerprint density at radius 2 is 1.95 bits per heavy atom. The number of hydrogen-bond acceptors (Lipinski definition) is 3. The number of hydrogen-bond donors (Lipinski definition) is 1. The third kappa shape index (κ3) is 2.18. The summed E-state index contributed by atoms with van der Waals surface area (Å²) in [5, 5.41) is 0. The van der Waals surface area contributed by atoms with Gasteiger partial charge in [0.25, 0.3) is 0 Å². The first-order chi connectivity index (χ1) is 9.67. The zero-order chi connectivity index (χ0) is 14.1. The molecule has 0 aliphatic heterocycles. The maximum Gasteiger partial charge on any atom is 0.201 e. The number of fused-ring (bicyclic) bond motifs is 1. The van der Waals surface area contributed by atoms with Gasteiger partial charge in [0, 0.05) is 6.07 Å². The molecule has 0 radical (unpaired) electrons. The van der Waals surface area contributed by atoms with Crippen LogP contribution in [0.4, 0.5) is 10.3 Å². The fourth-order valence-electron chi connectivity index (χ4n) is 2.20.